The number of rotatable bonds is 2. The minimum Gasteiger partial charge on any atom is -0.504 e. The van der Waals surface area contributed by atoms with E-state index < -0.39 is 0 Å². The average Bonchev–Trinajstić information content (AvgIpc) is 2.96. The highest BCUT2D eigenvalue weighted by atomic mass is 35.5. The first-order valence-electron chi connectivity index (χ1n) is 8.47. The summed E-state index contributed by atoms with van der Waals surface area (Å²) >= 11 is 7.47. The number of aryl methyl sites for hydroxylation is 1. The normalized spacial score (nSPS) is 13.6. The largest absolute Gasteiger partial charge is 0.504 e. The van der Waals surface area contributed by atoms with Gasteiger partial charge in [-0.25, -0.2) is 4.98 Å². The molecule has 5 nitrogen and oxygen atoms in total. The number of carbonyl (C=O) groups is 1. The number of hydrogen-bond donors (Lipinski definition) is 1. The molecule has 0 atom stereocenters. The number of benzene rings is 2. The fraction of sp³-hybridized carbons (Fsp3) is 0.200. The van der Waals surface area contributed by atoms with Crippen LogP contribution >= 0.6 is 22.9 Å². The molecule has 138 valence electrons. The van der Waals surface area contributed by atoms with Crippen LogP contribution < -0.4 is 4.74 Å². The highest BCUT2D eigenvalue weighted by molar-refractivity contribution is 7.13. The lowest BCUT2D eigenvalue weighted by atomic mass is 10.0. The van der Waals surface area contributed by atoms with E-state index in [0.29, 0.717) is 35.3 Å². The maximum absolute atomic E-state index is 12.8. The predicted octanol–water partition coefficient (Wildman–Crippen LogP) is 4.51. The molecule has 2 aromatic carbocycles. The van der Waals surface area contributed by atoms with Gasteiger partial charge >= 0.3 is 0 Å². The van der Waals surface area contributed by atoms with Crippen molar-refractivity contribution in [2.75, 3.05) is 13.2 Å². The van der Waals surface area contributed by atoms with Gasteiger partial charge in [0.1, 0.15) is 11.5 Å². The van der Waals surface area contributed by atoms with Gasteiger partial charge in [-0.15, -0.1) is 11.3 Å². The van der Waals surface area contributed by atoms with Crippen molar-refractivity contribution in [3.8, 4) is 22.6 Å². The standard InChI is InChI=1S/C20H17ClN2O3S/c1-12-22-10-18(27-12)20(25)23-5-6-26-19-15(11-23)7-14(9-17(19)24)13-3-2-4-16(21)8-13/h2-4,7-10,24H,5-6,11H2,1H3. The van der Waals surface area contributed by atoms with Gasteiger partial charge in [0.25, 0.3) is 5.91 Å². The Morgan fingerprint density at radius 1 is 1.30 bits per heavy atom. The fourth-order valence-electron chi connectivity index (χ4n) is 3.12. The van der Waals surface area contributed by atoms with Crippen LogP contribution in [0.25, 0.3) is 11.1 Å². The van der Waals surface area contributed by atoms with Crippen LogP contribution in [0.3, 0.4) is 0 Å². The van der Waals surface area contributed by atoms with E-state index in [0.717, 1.165) is 21.7 Å². The van der Waals surface area contributed by atoms with Gasteiger partial charge in [0.05, 0.1) is 17.7 Å². The molecular weight excluding hydrogens is 384 g/mol. The second-order valence-corrected chi connectivity index (χ2v) is 7.98. The number of phenolic OH excluding ortho intramolecular Hbond substituents is 1. The van der Waals surface area contributed by atoms with Gasteiger partial charge in [0.2, 0.25) is 0 Å². The fourth-order valence-corrected chi connectivity index (χ4v) is 4.06. The third-order valence-corrected chi connectivity index (χ3v) is 5.53. The minimum atomic E-state index is -0.0790. The Kier molecular flexibility index (Phi) is 4.76. The van der Waals surface area contributed by atoms with E-state index in [1.54, 1.807) is 23.2 Å². The van der Waals surface area contributed by atoms with Gasteiger partial charge in [-0.05, 0) is 42.3 Å². The van der Waals surface area contributed by atoms with E-state index in [1.807, 2.05) is 31.2 Å². The van der Waals surface area contributed by atoms with Crippen molar-refractivity contribution >= 4 is 28.8 Å². The van der Waals surface area contributed by atoms with Crippen LogP contribution in [0, 0.1) is 6.92 Å². The number of carbonyl (C=O) groups excluding carboxylic acids is 1. The Balaban J connectivity index is 1.69. The summed E-state index contributed by atoms with van der Waals surface area (Å²) in [7, 11) is 0. The van der Waals surface area contributed by atoms with E-state index in [2.05, 4.69) is 4.98 Å². The van der Waals surface area contributed by atoms with Crippen LogP contribution in [0.2, 0.25) is 5.02 Å². The molecule has 1 aromatic heterocycles. The highest BCUT2D eigenvalue weighted by Gasteiger charge is 2.24. The molecule has 27 heavy (non-hydrogen) atoms. The molecule has 1 N–H and O–H groups in total. The first kappa shape index (κ1) is 17.8. The molecule has 1 aliphatic heterocycles. The van der Waals surface area contributed by atoms with Crippen LogP contribution in [-0.4, -0.2) is 34.0 Å². The molecule has 0 spiro atoms. The van der Waals surface area contributed by atoms with Crippen molar-refractivity contribution in [3.63, 3.8) is 0 Å². The van der Waals surface area contributed by atoms with Gasteiger partial charge in [-0.3, -0.25) is 4.79 Å². The molecule has 7 heteroatoms. The third-order valence-electron chi connectivity index (χ3n) is 4.39. The molecule has 1 amide bonds. The number of phenols is 1. The van der Waals surface area contributed by atoms with E-state index in [9.17, 15) is 9.90 Å². The highest BCUT2D eigenvalue weighted by Crippen LogP contribution is 2.38. The number of ether oxygens (including phenoxy) is 1. The van der Waals surface area contributed by atoms with Gasteiger partial charge in [0.15, 0.2) is 11.5 Å². The van der Waals surface area contributed by atoms with Crippen molar-refractivity contribution in [2.24, 2.45) is 0 Å². The first-order valence-corrected chi connectivity index (χ1v) is 9.67. The number of fused-ring (bicyclic) bond motifs is 1. The molecule has 0 saturated carbocycles. The smallest absolute Gasteiger partial charge is 0.265 e. The topological polar surface area (TPSA) is 62.7 Å². The van der Waals surface area contributed by atoms with E-state index in [4.69, 9.17) is 16.3 Å². The summed E-state index contributed by atoms with van der Waals surface area (Å²) in [4.78, 5) is 19.3. The average molecular weight is 401 g/mol. The summed E-state index contributed by atoms with van der Waals surface area (Å²) < 4.78 is 5.73. The van der Waals surface area contributed by atoms with Crippen molar-refractivity contribution in [3.05, 3.63) is 63.1 Å². The maximum atomic E-state index is 12.8. The lowest BCUT2D eigenvalue weighted by Crippen LogP contribution is -2.31. The Morgan fingerprint density at radius 2 is 2.15 bits per heavy atom. The molecule has 0 radical (unpaired) electrons. The number of nitrogens with zero attached hydrogens (tertiary/aromatic N) is 2. The monoisotopic (exact) mass is 400 g/mol. The Hall–Kier alpha value is -2.57. The Morgan fingerprint density at radius 3 is 2.89 bits per heavy atom. The van der Waals surface area contributed by atoms with Crippen molar-refractivity contribution in [1.29, 1.82) is 0 Å². The molecule has 0 saturated heterocycles. The second kappa shape index (κ2) is 7.21. The molecule has 2 heterocycles. The van der Waals surface area contributed by atoms with Crippen LogP contribution in [0.5, 0.6) is 11.5 Å². The number of halogens is 1. The summed E-state index contributed by atoms with van der Waals surface area (Å²) in [5.74, 6) is 0.409. The van der Waals surface area contributed by atoms with E-state index in [-0.39, 0.29) is 11.7 Å². The van der Waals surface area contributed by atoms with Crippen molar-refractivity contribution in [2.45, 2.75) is 13.5 Å². The lowest BCUT2D eigenvalue weighted by Gasteiger charge is -2.19. The zero-order valence-electron chi connectivity index (χ0n) is 14.6. The van der Waals surface area contributed by atoms with E-state index >= 15 is 0 Å². The van der Waals surface area contributed by atoms with Crippen LogP contribution in [0.15, 0.2) is 42.6 Å². The number of amides is 1. The van der Waals surface area contributed by atoms with Gasteiger partial charge in [-0.2, -0.15) is 0 Å². The van der Waals surface area contributed by atoms with Crippen LogP contribution in [-0.2, 0) is 6.54 Å². The number of aromatic hydroxyl groups is 1. The SMILES string of the molecule is Cc1ncc(C(=O)N2CCOc3c(O)cc(-c4cccc(Cl)c4)cc3C2)s1. The van der Waals surface area contributed by atoms with Crippen molar-refractivity contribution < 1.29 is 14.6 Å². The number of hydrogen-bond acceptors (Lipinski definition) is 5. The van der Waals surface area contributed by atoms with Crippen LogP contribution in [0.4, 0.5) is 0 Å². The van der Waals surface area contributed by atoms with Crippen LogP contribution in [0.1, 0.15) is 20.2 Å². The zero-order valence-corrected chi connectivity index (χ0v) is 16.2. The second-order valence-electron chi connectivity index (χ2n) is 6.31. The number of aromatic nitrogens is 1. The first-order chi connectivity index (χ1) is 13.0. The number of thiazole rings is 1. The van der Waals surface area contributed by atoms with Gasteiger partial charge < -0.3 is 14.7 Å². The Bertz CT molecular complexity index is 1020. The summed E-state index contributed by atoms with van der Waals surface area (Å²) in [6, 6.07) is 11.0. The molecule has 3 aromatic rings. The van der Waals surface area contributed by atoms with Gasteiger partial charge in [0, 0.05) is 17.1 Å². The molecule has 0 fully saturated rings. The molecular formula is C20H17ClN2O3S. The maximum Gasteiger partial charge on any atom is 0.265 e. The zero-order chi connectivity index (χ0) is 19.0. The van der Waals surface area contributed by atoms with E-state index in [1.165, 1.54) is 11.3 Å². The van der Waals surface area contributed by atoms with Gasteiger partial charge in [-0.1, -0.05) is 23.7 Å². The summed E-state index contributed by atoms with van der Waals surface area (Å²) in [6.45, 7) is 2.99. The lowest BCUT2D eigenvalue weighted by molar-refractivity contribution is 0.0738. The molecule has 0 unspecified atom stereocenters. The summed E-state index contributed by atoms with van der Waals surface area (Å²) in [6.07, 6.45) is 1.61. The summed E-state index contributed by atoms with van der Waals surface area (Å²) in [5, 5.41) is 11.9. The third kappa shape index (κ3) is 3.63. The molecule has 1 aliphatic rings. The van der Waals surface area contributed by atoms with Crippen molar-refractivity contribution in [1.82, 2.24) is 9.88 Å². The predicted molar refractivity (Wildman–Crippen MR) is 106 cm³/mol. The minimum absolute atomic E-state index is 0.0606. The Labute approximate surface area is 165 Å². The summed E-state index contributed by atoms with van der Waals surface area (Å²) in [5.41, 5.74) is 2.47. The molecule has 0 aliphatic carbocycles. The molecule has 0 bridgehead atoms. The quantitative estimate of drug-likeness (QED) is 0.687. The molecule has 4 rings (SSSR count).